The van der Waals surface area contributed by atoms with Gasteiger partial charge in [0.05, 0.1) is 29.6 Å². The van der Waals surface area contributed by atoms with Crippen LogP contribution in [0, 0.1) is 0 Å². The van der Waals surface area contributed by atoms with Crippen molar-refractivity contribution in [1.29, 1.82) is 0 Å². The molecule has 2 aromatic carbocycles. The molecule has 0 atom stereocenters. The van der Waals surface area contributed by atoms with Gasteiger partial charge in [0.1, 0.15) is 5.75 Å². The van der Waals surface area contributed by atoms with E-state index in [9.17, 15) is 35.9 Å². The smallest absolute Gasteiger partial charge is 0.462 e. The highest BCUT2D eigenvalue weighted by Crippen LogP contribution is 2.34. The van der Waals surface area contributed by atoms with Crippen LogP contribution in [-0.4, -0.2) is 34.6 Å². The molecule has 0 radical (unpaired) electrons. The molecule has 0 unspecified atom stereocenters. The summed E-state index contributed by atoms with van der Waals surface area (Å²) in [6.45, 7) is 1.77. The number of alkyl halides is 6. The number of carbonyl (C=O) groups is 2. The van der Waals surface area contributed by atoms with E-state index in [2.05, 4.69) is 15.2 Å². The first-order chi connectivity index (χ1) is 15.9. The summed E-state index contributed by atoms with van der Waals surface area (Å²) in [7, 11) is 0. The number of carbonyl (C=O) groups excluding carboxylic acids is 2. The Bertz CT molecular complexity index is 1170. The maximum Gasteiger partial charge on any atom is 0.573 e. The third-order valence-corrected chi connectivity index (χ3v) is 4.25. The lowest BCUT2D eigenvalue weighted by molar-refractivity contribution is -0.274. The van der Waals surface area contributed by atoms with Crippen LogP contribution in [0.1, 0.15) is 33.3 Å². The zero-order chi connectivity index (χ0) is 25.1. The SMILES string of the molecule is CCOC(=O)c1ccc(NC(=O)c2cnn(-c3ccc(OC(F)(F)F)cc3)c2C(F)(F)F)cc1. The third kappa shape index (κ3) is 5.85. The predicted molar refractivity (Wildman–Crippen MR) is 106 cm³/mol. The number of halogens is 6. The Morgan fingerprint density at radius 3 is 2.12 bits per heavy atom. The highest BCUT2D eigenvalue weighted by molar-refractivity contribution is 6.05. The lowest BCUT2D eigenvalue weighted by atomic mass is 10.2. The Morgan fingerprint density at radius 1 is 0.971 bits per heavy atom. The minimum absolute atomic E-state index is 0.104. The van der Waals surface area contributed by atoms with Gasteiger partial charge in [0.2, 0.25) is 0 Å². The quantitative estimate of drug-likeness (QED) is 0.381. The van der Waals surface area contributed by atoms with E-state index in [1.54, 1.807) is 6.92 Å². The molecule has 0 aliphatic carbocycles. The van der Waals surface area contributed by atoms with Crippen molar-refractivity contribution in [2.45, 2.75) is 19.5 Å². The first kappa shape index (κ1) is 24.6. The van der Waals surface area contributed by atoms with Gasteiger partial charge in [0.15, 0.2) is 5.69 Å². The summed E-state index contributed by atoms with van der Waals surface area (Å²) in [5, 5.41) is 5.87. The minimum Gasteiger partial charge on any atom is -0.462 e. The Morgan fingerprint density at radius 2 is 1.59 bits per heavy atom. The fourth-order valence-corrected chi connectivity index (χ4v) is 2.87. The number of benzene rings is 2. The van der Waals surface area contributed by atoms with Gasteiger partial charge in [0, 0.05) is 5.69 Å². The number of ether oxygens (including phenoxy) is 2. The summed E-state index contributed by atoms with van der Waals surface area (Å²) in [4.78, 5) is 24.2. The van der Waals surface area contributed by atoms with Crippen LogP contribution >= 0.6 is 0 Å². The zero-order valence-corrected chi connectivity index (χ0v) is 17.2. The fourth-order valence-electron chi connectivity index (χ4n) is 2.87. The van der Waals surface area contributed by atoms with Gasteiger partial charge in [-0.05, 0) is 55.5 Å². The highest BCUT2D eigenvalue weighted by atomic mass is 19.4. The molecule has 1 amide bonds. The Balaban J connectivity index is 1.87. The standard InChI is InChI=1S/C21H15F6N3O4/c1-2-33-19(32)12-3-5-13(6-4-12)29-18(31)16-11-28-30(17(16)20(22,23)24)14-7-9-15(10-8-14)34-21(25,26)27/h3-11H,2H2,1H3,(H,29,31). The van der Waals surface area contributed by atoms with Crippen LogP contribution in [0.4, 0.5) is 32.0 Å². The van der Waals surface area contributed by atoms with Crippen molar-refractivity contribution >= 4 is 17.6 Å². The maximum absolute atomic E-state index is 13.8. The largest absolute Gasteiger partial charge is 0.573 e. The van der Waals surface area contributed by atoms with Gasteiger partial charge < -0.3 is 14.8 Å². The van der Waals surface area contributed by atoms with E-state index in [1.165, 1.54) is 24.3 Å². The van der Waals surface area contributed by atoms with Crippen molar-refractivity contribution in [3.05, 3.63) is 71.5 Å². The van der Waals surface area contributed by atoms with Gasteiger partial charge in [-0.3, -0.25) is 4.79 Å². The van der Waals surface area contributed by atoms with Crippen molar-refractivity contribution < 1.29 is 45.4 Å². The van der Waals surface area contributed by atoms with Gasteiger partial charge in [-0.1, -0.05) is 0 Å². The lowest BCUT2D eigenvalue weighted by Crippen LogP contribution is -2.21. The second kappa shape index (κ2) is 9.45. The summed E-state index contributed by atoms with van der Waals surface area (Å²) < 4.78 is 87.1. The summed E-state index contributed by atoms with van der Waals surface area (Å²) in [5.74, 6) is -2.38. The molecule has 13 heteroatoms. The predicted octanol–water partition coefficient (Wildman–Crippen LogP) is 5.22. The maximum atomic E-state index is 13.8. The highest BCUT2D eigenvalue weighted by Gasteiger charge is 2.40. The molecule has 3 aromatic rings. The first-order valence-electron chi connectivity index (χ1n) is 9.49. The number of esters is 1. The molecule has 0 saturated heterocycles. The average molecular weight is 487 g/mol. The second-order valence-electron chi connectivity index (χ2n) is 6.61. The Hall–Kier alpha value is -4.03. The molecule has 7 nitrogen and oxygen atoms in total. The summed E-state index contributed by atoms with van der Waals surface area (Å²) in [6.07, 6.45) is -9.31. The fraction of sp³-hybridized carbons (Fsp3) is 0.190. The topological polar surface area (TPSA) is 82.5 Å². The molecular formula is C21H15F6N3O4. The van der Waals surface area contributed by atoms with Crippen molar-refractivity contribution in [2.24, 2.45) is 0 Å². The monoisotopic (exact) mass is 487 g/mol. The number of hydrogen-bond acceptors (Lipinski definition) is 5. The van der Waals surface area contributed by atoms with Gasteiger partial charge in [-0.25, -0.2) is 9.48 Å². The van der Waals surface area contributed by atoms with Gasteiger partial charge in [-0.15, -0.1) is 13.2 Å². The number of hydrogen-bond donors (Lipinski definition) is 1. The molecule has 0 spiro atoms. The number of aromatic nitrogens is 2. The van der Waals surface area contributed by atoms with Crippen LogP contribution in [0.25, 0.3) is 5.69 Å². The van der Waals surface area contributed by atoms with Crippen molar-refractivity contribution in [3.63, 3.8) is 0 Å². The molecule has 3 rings (SSSR count). The minimum atomic E-state index is -5.03. The molecule has 1 N–H and O–H groups in total. The molecular weight excluding hydrogens is 472 g/mol. The van der Waals surface area contributed by atoms with Gasteiger partial charge in [0.25, 0.3) is 5.91 Å². The Kier molecular flexibility index (Phi) is 6.84. The zero-order valence-electron chi connectivity index (χ0n) is 17.2. The number of amides is 1. The van der Waals surface area contributed by atoms with Crippen LogP contribution in [-0.2, 0) is 10.9 Å². The number of rotatable bonds is 6. The molecule has 0 aliphatic heterocycles. The van der Waals surface area contributed by atoms with E-state index < -0.39 is 41.4 Å². The average Bonchev–Trinajstić information content (AvgIpc) is 3.20. The van der Waals surface area contributed by atoms with Gasteiger partial charge >= 0.3 is 18.5 Å². The van der Waals surface area contributed by atoms with E-state index in [1.807, 2.05) is 0 Å². The summed E-state index contributed by atoms with van der Waals surface area (Å²) in [5.41, 5.74) is -2.22. The summed E-state index contributed by atoms with van der Waals surface area (Å²) >= 11 is 0. The van der Waals surface area contributed by atoms with E-state index in [-0.39, 0.29) is 23.5 Å². The van der Waals surface area contributed by atoms with Crippen molar-refractivity contribution in [1.82, 2.24) is 9.78 Å². The molecule has 34 heavy (non-hydrogen) atoms. The molecule has 0 aliphatic rings. The second-order valence-corrected chi connectivity index (χ2v) is 6.61. The van der Waals surface area contributed by atoms with Crippen LogP contribution in [0.15, 0.2) is 54.7 Å². The molecule has 0 fully saturated rings. The van der Waals surface area contributed by atoms with Crippen LogP contribution < -0.4 is 10.1 Å². The number of nitrogens with zero attached hydrogens (tertiary/aromatic N) is 2. The Labute approximate surface area is 187 Å². The van der Waals surface area contributed by atoms with Crippen LogP contribution in [0.3, 0.4) is 0 Å². The van der Waals surface area contributed by atoms with Crippen LogP contribution in [0.5, 0.6) is 5.75 Å². The third-order valence-electron chi connectivity index (χ3n) is 4.25. The van der Waals surface area contributed by atoms with E-state index in [0.717, 1.165) is 24.3 Å². The van der Waals surface area contributed by atoms with E-state index in [4.69, 9.17) is 4.74 Å². The molecule has 0 bridgehead atoms. The number of nitrogens with one attached hydrogen (secondary N) is 1. The van der Waals surface area contributed by atoms with Crippen LogP contribution in [0.2, 0.25) is 0 Å². The molecule has 1 aromatic heterocycles. The molecule has 1 heterocycles. The van der Waals surface area contributed by atoms with Gasteiger partial charge in [-0.2, -0.15) is 18.3 Å². The molecule has 0 saturated carbocycles. The lowest BCUT2D eigenvalue weighted by Gasteiger charge is -2.14. The van der Waals surface area contributed by atoms with Crippen molar-refractivity contribution in [3.8, 4) is 11.4 Å². The van der Waals surface area contributed by atoms with E-state index >= 15 is 0 Å². The van der Waals surface area contributed by atoms with E-state index in [0.29, 0.717) is 10.9 Å². The molecule has 180 valence electrons. The first-order valence-corrected chi connectivity index (χ1v) is 9.49. The number of anilines is 1. The summed E-state index contributed by atoms with van der Waals surface area (Å²) in [6, 6.07) is 8.75. The normalized spacial score (nSPS) is 11.7. The van der Waals surface area contributed by atoms with Crippen molar-refractivity contribution in [2.75, 3.05) is 11.9 Å².